The fourth-order valence-electron chi connectivity index (χ4n) is 2.67. The van der Waals surface area contributed by atoms with Crippen molar-refractivity contribution < 1.29 is 9.18 Å². The molecule has 0 aliphatic heterocycles. The van der Waals surface area contributed by atoms with Crippen LogP contribution in [-0.4, -0.2) is 15.3 Å². The molecular weight excluding hydrogens is 353 g/mol. The number of benzene rings is 2. The molecule has 4 rings (SSSR count). The Morgan fingerprint density at radius 2 is 1.88 bits per heavy atom. The zero-order valence-corrected chi connectivity index (χ0v) is 14.2. The fraction of sp³-hybridized carbons (Fsp3) is 0. The minimum absolute atomic E-state index is 0.0730. The van der Waals surface area contributed by atoms with Crippen LogP contribution < -0.4 is 5.32 Å². The van der Waals surface area contributed by atoms with Gasteiger partial charge in [0.15, 0.2) is 0 Å². The molecule has 1 N–H and O–H groups in total. The van der Waals surface area contributed by atoms with Crippen molar-refractivity contribution in [2.24, 2.45) is 0 Å². The number of nitrogens with one attached hydrogen (secondary N) is 1. The number of halogens is 2. The Labute approximate surface area is 153 Å². The Bertz CT molecular complexity index is 1070. The summed E-state index contributed by atoms with van der Waals surface area (Å²) in [6.07, 6.45) is 3.88. The van der Waals surface area contributed by atoms with Crippen LogP contribution in [0.3, 0.4) is 0 Å². The Hall–Kier alpha value is -3.18. The molecule has 0 saturated heterocycles. The molecule has 0 radical (unpaired) electrons. The highest BCUT2D eigenvalue weighted by atomic mass is 35.5. The summed E-state index contributed by atoms with van der Waals surface area (Å²) >= 11 is 5.92. The monoisotopic (exact) mass is 365 g/mol. The van der Waals surface area contributed by atoms with Crippen molar-refractivity contribution in [3.05, 3.63) is 89.5 Å². The number of nitrogens with zero attached hydrogens (tertiary/aromatic N) is 2. The molecule has 0 aliphatic rings. The van der Waals surface area contributed by atoms with Crippen LogP contribution in [0.2, 0.25) is 5.02 Å². The number of rotatable bonds is 3. The molecule has 4 nitrogen and oxygen atoms in total. The molecule has 0 atom stereocenters. The molecule has 1 amide bonds. The molecule has 2 aromatic carbocycles. The van der Waals surface area contributed by atoms with Gasteiger partial charge in [-0.2, -0.15) is 0 Å². The highest BCUT2D eigenvalue weighted by Gasteiger charge is 2.12. The molecule has 2 aromatic heterocycles. The third-order valence-corrected chi connectivity index (χ3v) is 4.29. The molecule has 0 spiro atoms. The van der Waals surface area contributed by atoms with Gasteiger partial charge in [-0.1, -0.05) is 29.8 Å². The summed E-state index contributed by atoms with van der Waals surface area (Å²) < 4.78 is 15.0. The maximum absolute atomic E-state index is 13.1. The van der Waals surface area contributed by atoms with Gasteiger partial charge >= 0.3 is 0 Å². The molecule has 6 heteroatoms. The van der Waals surface area contributed by atoms with E-state index in [-0.39, 0.29) is 10.6 Å². The predicted molar refractivity (Wildman–Crippen MR) is 100.0 cm³/mol. The molecule has 0 aliphatic carbocycles. The lowest BCUT2D eigenvalue weighted by Crippen LogP contribution is -2.12. The lowest BCUT2D eigenvalue weighted by Gasteiger charge is -2.07. The summed E-state index contributed by atoms with van der Waals surface area (Å²) in [4.78, 5) is 16.8. The van der Waals surface area contributed by atoms with Crippen molar-refractivity contribution in [3.63, 3.8) is 0 Å². The average molecular weight is 366 g/mol. The van der Waals surface area contributed by atoms with E-state index in [0.717, 1.165) is 23.0 Å². The number of hydrogen-bond acceptors (Lipinski definition) is 2. The maximum Gasteiger partial charge on any atom is 0.257 e. The van der Waals surface area contributed by atoms with Crippen molar-refractivity contribution in [2.45, 2.75) is 0 Å². The molecule has 0 saturated carbocycles. The number of hydrogen-bond donors (Lipinski definition) is 1. The maximum atomic E-state index is 13.1. The third kappa shape index (κ3) is 3.17. The van der Waals surface area contributed by atoms with Crippen LogP contribution >= 0.6 is 11.6 Å². The molecule has 128 valence electrons. The minimum Gasteiger partial charge on any atom is -0.322 e. The lowest BCUT2D eigenvalue weighted by atomic mass is 10.1. The molecule has 0 fully saturated rings. The molecule has 0 unspecified atom stereocenters. The first-order valence-electron chi connectivity index (χ1n) is 7.91. The van der Waals surface area contributed by atoms with E-state index in [1.807, 2.05) is 47.1 Å². The van der Waals surface area contributed by atoms with E-state index in [1.165, 1.54) is 12.1 Å². The number of pyridine rings is 1. The van der Waals surface area contributed by atoms with Gasteiger partial charge in [0, 0.05) is 23.6 Å². The third-order valence-electron chi connectivity index (χ3n) is 3.98. The second kappa shape index (κ2) is 6.61. The van der Waals surface area contributed by atoms with Crippen molar-refractivity contribution in [1.82, 2.24) is 9.38 Å². The van der Waals surface area contributed by atoms with Gasteiger partial charge in [-0.05, 0) is 42.5 Å². The number of amides is 1. The van der Waals surface area contributed by atoms with Crippen molar-refractivity contribution in [2.75, 3.05) is 5.32 Å². The van der Waals surface area contributed by atoms with Crippen molar-refractivity contribution in [3.8, 4) is 11.3 Å². The van der Waals surface area contributed by atoms with E-state index in [4.69, 9.17) is 11.6 Å². The molecule has 2 heterocycles. The average Bonchev–Trinajstić information content (AvgIpc) is 3.06. The second-order valence-electron chi connectivity index (χ2n) is 5.75. The second-order valence-corrected chi connectivity index (χ2v) is 6.16. The quantitative estimate of drug-likeness (QED) is 0.552. The van der Waals surface area contributed by atoms with Crippen molar-refractivity contribution >= 4 is 28.8 Å². The summed E-state index contributed by atoms with van der Waals surface area (Å²) in [5, 5.41) is 2.83. The van der Waals surface area contributed by atoms with Crippen LogP contribution in [0.25, 0.3) is 16.9 Å². The molecular formula is C20H13ClFN3O. The van der Waals surface area contributed by atoms with Gasteiger partial charge in [0.1, 0.15) is 11.5 Å². The summed E-state index contributed by atoms with van der Waals surface area (Å²) in [5.41, 5.74) is 3.48. The van der Waals surface area contributed by atoms with Crippen molar-refractivity contribution in [1.29, 1.82) is 0 Å². The van der Waals surface area contributed by atoms with E-state index in [1.54, 1.807) is 12.1 Å². The van der Waals surface area contributed by atoms with Crippen LogP contribution in [0.4, 0.5) is 10.1 Å². The van der Waals surface area contributed by atoms with Gasteiger partial charge < -0.3 is 9.72 Å². The highest BCUT2D eigenvalue weighted by molar-refractivity contribution is 6.34. The Balaban J connectivity index is 1.55. The van der Waals surface area contributed by atoms with Gasteiger partial charge in [0.2, 0.25) is 0 Å². The molecule has 26 heavy (non-hydrogen) atoms. The van der Waals surface area contributed by atoms with E-state index in [0.29, 0.717) is 5.69 Å². The standard InChI is InChI=1S/C20H13ClFN3O/c21-17-11-14(22)6-9-16(17)20(26)23-15-7-4-13(5-8-15)18-12-25-10-2-1-3-19(25)24-18/h1-12H,(H,23,26). The number of carbonyl (C=O) groups excluding carboxylic acids is 1. The number of aromatic nitrogens is 2. The molecule has 0 bridgehead atoms. The van der Waals surface area contributed by atoms with Crippen LogP contribution in [0, 0.1) is 5.82 Å². The first-order chi connectivity index (χ1) is 12.6. The van der Waals surface area contributed by atoms with Gasteiger partial charge in [-0.3, -0.25) is 4.79 Å². The normalized spacial score (nSPS) is 10.8. The summed E-state index contributed by atoms with van der Waals surface area (Å²) in [6, 6.07) is 16.8. The van der Waals surface area contributed by atoms with Gasteiger partial charge in [0.05, 0.1) is 16.3 Å². The first-order valence-corrected chi connectivity index (χ1v) is 8.28. The SMILES string of the molecule is O=C(Nc1ccc(-c2cn3ccccc3n2)cc1)c1ccc(F)cc1Cl. The van der Waals surface area contributed by atoms with E-state index >= 15 is 0 Å². The van der Waals surface area contributed by atoms with Gasteiger partial charge in [-0.25, -0.2) is 9.37 Å². The zero-order chi connectivity index (χ0) is 18.1. The topological polar surface area (TPSA) is 46.4 Å². The first kappa shape index (κ1) is 16.3. The van der Waals surface area contributed by atoms with Crippen LogP contribution in [-0.2, 0) is 0 Å². The summed E-state index contributed by atoms with van der Waals surface area (Å²) in [7, 11) is 0. The zero-order valence-electron chi connectivity index (χ0n) is 13.5. The highest BCUT2D eigenvalue weighted by Crippen LogP contribution is 2.23. The largest absolute Gasteiger partial charge is 0.322 e. The number of carbonyl (C=O) groups is 1. The fourth-order valence-corrected chi connectivity index (χ4v) is 2.92. The van der Waals surface area contributed by atoms with Gasteiger partial charge in [0.25, 0.3) is 5.91 Å². The van der Waals surface area contributed by atoms with Crippen LogP contribution in [0.5, 0.6) is 0 Å². The summed E-state index contributed by atoms with van der Waals surface area (Å²) in [5.74, 6) is -0.876. The van der Waals surface area contributed by atoms with Gasteiger partial charge in [-0.15, -0.1) is 0 Å². The van der Waals surface area contributed by atoms with E-state index in [2.05, 4.69) is 10.3 Å². The van der Waals surface area contributed by atoms with Crippen LogP contribution in [0.15, 0.2) is 73.1 Å². The number of anilines is 1. The Morgan fingerprint density at radius 3 is 2.62 bits per heavy atom. The number of imidazole rings is 1. The summed E-state index contributed by atoms with van der Waals surface area (Å²) in [6.45, 7) is 0. The van der Waals surface area contributed by atoms with E-state index < -0.39 is 11.7 Å². The smallest absolute Gasteiger partial charge is 0.257 e. The number of fused-ring (bicyclic) bond motifs is 1. The lowest BCUT2D eigenvalue weighted by molar-refractivity contribution is 0.102. The molecule has 4 aromatic rings. The van der Waals surface area contributed by atoms with Crippen LogP contribution in [0.1, 0.15) is 10.4 Å². The Morgan fingerprint density at radius 1 is 1.08 bits per heavy atom. The Kier molecular flexibility index (Phi) is 4.14. The predicted octanol–water partition coefficient (Wildman–Crippen LogP) is 5.05. The van der Waals surface area contributed by atoms with E-state index in [9.17, 15) is 9.18 Å². The minimum atomic E-state index is -0.483.